The van der Waals surface area contributed by atoms with Crippen LogP contribution in [0.1, 0.15) is 43.4 Å². The summed E-state index contributed by atoms with van der Waals surface area (Å²) in [6.45, 7) is 7.68. The highest BCUT2D eigenvalue weighted by Gasteiger charge is 2.32. The number of unbranched alkanes of at least 4 members (excludes halogenated alkanes) is 1. The zero-order chi connectivity index (χ0) is 29.3. The van der Waals surface area contributed by atoms with Crippen LogP contribution in [0.5, 0.6) is 5.75 Å². The van der Waals surface area contributed by atoms with Crippen molar-refractivity contribution in [3.8, 4) is 5.75 Å². The first-order valence-corrected chi connectivity index (χ1v) is 14.9. The zero-order valence-corrected chi connectivity index (χ0v) is 24.7. The molecular formula is C31H39N3O5S. The zero-order valence-electron chi connectivity index (χ0n) is 23.9. The molecule has 1 N–H and O–H groups in total. The van der Waals surface area contributed by atoms with Crippen molar-refractivity contribution >= 4 is 27.5 Å². The maximum absolute atomic E-state index is 14.0. The third-order valence-corrected chi connectivity index (χ3v) is 8.45. The molecule has 40 heavy (non-hydrogen) atoms. The molecule has 0 unspecified atom stereocenters. The van der Waals surface area contributed by atoms with Gasteiger partial charge < -0.3 is 15.0 Å². The van der Waals surface area contributed by atoms with Crippen molar-refractivity contribution in [2.45, 2.75) is 58.0 Å². The summed E-state index contributed by atoms with van der Waals surface area (Å²) in [5.74, 6) is -0.337. The Labute approximate surface area is 238 Å². The van der Waals surface area contributed by atoms with E-state index in [1.54, 1.807) is 43.3 Å². The lowest BCUT2D eigenvalue weighted by molar-refractivity contribution is -0.139. The number of nitrogens with one attached hydrogen (secondary N) is 1. The van der Waals surface area contributed by atoms with Gasteiger partial charge in [-0.15, -0.1) is 0 Å². The number of amides is 2. The maximum atomic E-state index is 14.0. The molecule has 0 aromatic heterocycles. The van der Waals surface area contributed by atoms with E-state index < -0.39 is 28.5 Å². The molecule has 3 aromatic rings. The molecule has 0 fully saturated rings. The number of carbonyl (C=O) groups excluding carboxylic acids is 2. The smallest absolute Gasteiger partial charge is 0.264 e. The molecule has 3 aromatic carbocycles. The second kappa shape index (κ2) is 14.0. The van der Waals surface area contributed by atoms with Gasteiger partial charge in [-0.2, -0.15) is 0 Å². The summed E-state index contributed by atoms with van der Waals surface area (Å²) in [4.78, 5) is 28.5. The summed E-state index contributed by atoms with van der Waals surface area (Å²) in [6, 6.07) is 19.9. The van der Waals surface area contributed by atoms with Crippen molar-refractivity contribution in [2.75, 3.05) is 24.5 Å². The largest absolute Gasteiger partial charge is 0.497 e. The van der Waals surface area contributed by atoms with Crippen LogP contribution < -0.4 is 14.4 Å². The van der Waals surface area contributed by atoms with E-state index in [1.807, 2.05) is 45.0 Å². The fraction of sp³-hybridized carbons (Fsp3) is 0.355. The minimum absolute atomic E-state index is 0.0595. The van der Waals surface area contributed by atoms with Gasteiger partial charge >= 0.3 is 0 Å². The number of hydrogen-bond acceptors (Lipinski definition) is 5. The fourth-order valence-corrected chi connectivity index (χ4v) is 5.66. The molecule has 0 spiro atoms. The van der Waals surface area contributed by atoms with Gasteiger partial charge in [0.05, 0.1) is 17.7 Å². The van der Waals surface area contributed by atoms with Gasteiger partial charge in [0.1, 0.15) is 18.3 Å². The molecule has 0 saturated carbocycles. The average Bonchev–Trinajstić information content (AvgIpc) is 2.94. The molecule has 0 heterocycles. The average molecular weight is 566 g/mol. The van der Waals surface area contributed by atoms with Crippen LogP contribution in [-0.2, 0) is 26.2 Å². The highest BCUT2D eigenvalue weighted by molar-refractivity contribution is 7.92. The normalized spacial score (nSPS) is 11.9. The van der Waals surface area contributed by atoms with Gasteiger partial charge in [-0.25, -0.2) is 8.42 Å². The molecular weight excluding hydrogens is 526 g/mol. The van der Waals surface area contributed by atoms with Gasteiger partial charge in [-0.1, -0.05) is 66.9 Å². The van der Waals surface area contributed by atoms with Crippen LogP contribution in [0.3, 0.4) is 0 Å². The van der Waals surface area contributed by atoms with E-state index in [4.69, 9.17) is 4.74 Å². The predicted octanol–water partition coefficient (Wildman–Crippen LogP) is 4.84. The fourth-order valence-electron chi connectivity index (χ4n) is 4.26. The van der Waals surface area contributed by atoms with Crippen molar-refractivity contribution in [3.05, 3.63) is 89.5 Å². The standard InChI is InChI=1S/C31H39N3O5S/c1-6-7-18-32-31(36)25(4)33(21-26-11-8-10-24(3)19-26)30(35)22-34(27-12-9-13-28(20-27)39-5)40(37,38)29-16-14-23(2)15-17-29/h8-17,19-20,25H,6-7,18,21-22H2,1-5H3,(H,32,36)/t25-/m1/s1. The Balaban J connectivity index is 2.02. The first-order valence-electron chi connectivity index (χ1n) is 13.4. The number of nitrogens with zero attached hydrogens (tertiary/aromatic N) is 2. The van der Waals surface area contributed by atoms with Crippen molar-refractivity contribution < 1.29 is 22.7 Å². The summed E-state index contributed by atoms with van der Waals surface area (Å²) in [6.07, 6.45) is 1.75. The van der Waals surface area contributed by atoms with Gasteiger partial charge in [0.15, 0.2) is 0 Å². The van der Waals surface area contributed by atoms with E-state index in [-0.39, 0.29) is 23.0 Å². The third kappa shape index (κ3) is 7.85. The van der Waals surface area contributed by atoms with Crippen LogP contribution in [0.2, 0.25) is 0 Å². The highest BCUT2D eigenvalue weighted by Crippen LogP contribution is 2.28. The topological polar surface area (TPSA) is 96.0 Å². The molecule has 9 heteroatoms. The molecule has 0 bridgehead atoms. The first-order chi connectivity index (χ1) is 19.1. The summed E-state index contributed by atoms with van der Waals surface area (Å²) in [5.41, 5.74) is 3.06. The first kappa shape index (κ1) is 30.7. The van der Waals surface area contributed by atoms with E-state index in [2.05, 4.69) is 5.32 Å². The highest BCUT2D eigenvalue weighted by atomic mass is 32.2. The lowest BCUT2D eigenvalue weighted by Gasteiger charge is -2.32. The Bertz CT molecular complexity index is 1410. The van der Waals surface area contributed by atoms with E-state index in [0.29, 0.717) is 12.3 Å². The molecule has 214 valence electrons. The van der Waals surface area contributed by atoms with Crippen molar-refractivity contribution in [1.29, 1.82) is 0 Å². The lowest BCUT2D eigenvalue weighted by Crippen LogP contribution is -2.51. The number of ether oxygens (including phenoxy) is 1. The number of hydrogen-bond donors (Lipinski definition) is 1. The van der Waals surface area contributed by atoms with Crippen LogP contribution >= 0.6 is 0 Å². The molecule has 0 aliphatic heterocycles. The Morgan fingerprint density at radius 2 is 1.65 bits per heavy atom. The number of sulfonamides is 1. The van der Waals surface area contributed by atoms with Crippen molar-refractivity contribution in [3.63, 3.8) is 0 Å². The van der Waals surface area contributed by atoms with E-state index >= 15 is 0 Å². The van der Waals surface area contributed by atoms with E-state index in [0.717, 1.165) is 33.8 Å². The van der Waals surface area contributed by atoms with Gasteiger partial charge in [0.25, 0.3) is 10.0 Å². The third-order valence-electron chi connectivity index (χ3n) is 6.66. The number of benzene rings is 3. The lowest BCUT2D eigenvalue weighted by atomic mass is 10.1. The molecule has 3 rings (SSSR count). The predicted molar refractivity (Wildman–Crippen MR) is 158 cm³/mol. The van der Waals surface area contributed by atoms with E-state index in [9.17, 15) is 18.0 Å². The quantitative estimate of drug-likeness (QED) is 0.299. The number of rotatable bonds is 13. The number of methoxy groups -OCH3 is 1. The molecule has 0 aliphatic carbocycles. The minimum atomic E-state index is -4.14. The van der Waals surface area contributed by atoms with Crippen LogP contribution in [-0.4, -0.2) is 51.4 Å². The molecule has 0 saturated heterocycles. The summed E-state index contributed by atoms with van der Waals surface area (Å²) < 4.78 is 34.2. The van der Waals surface area contributed by atoms with E-state index in [1.165, 1.54) is 24.1 Å². The maximum Gasteiger partial charge on any atom is 0.264 e. The summed E-state index contributed by atoms with van der Waals surface area (Å²) >= 11 is 0. The molecule has 0 radical (unpaired) electrons. The Kier molecular flexibility index (Phi) is 10.7. The van der Waals surface area contributed by atoms with Gasteiger partial charge in [-0.05, 0) is 57.0 Å². The second-order valence-corrected chi connectivity index (χ2v) is 11.7. The van der Waals surface area contributed by atoms with Crippen LogP contribution in [0, 0.1) is 13.8 Å². The Morgan fingerprint density at radius 3 is 2.30 bits per heavy atom. The summed E-state index contributed by atoms with van der Waals surface area (Å²) in [5, 5.41) is 2.90. The summed E-state index contributed by atoms with van der Waals surface area (Å²) in [7, 11) is -2.65. The molecule has 2 amide bonds. The monoisotopic (exact) mass is 565 g/mol. The Morgan fingerprint density at radius 1 is 0.950 bits per heavy atom. The SMILES string of the molecule is CCCCNC(=O)[C@@H](C)N(Cc1cccc(C)c1)C(=O)CN(c1cccc(OC)c1)S(=O)(=O)c1ccc(C)cc1. The second-order valence-electron chi connectivity index (χ2n) is 9.86. The molecule has 8 nitrogen and oxygen atoms in total. The van der Waals surface area contributed by atoms with Crippen molar-refractivity contribution in [1.82, 2.24) is 10.2 Å². The molecule has 1 atom stereocenters. The number of carbonyl (C=O) groups is 2. The van der Waals surface area contributed by atoms with Crippen molar-refractivity contribution in [2.24, 2.45) is 0 Å². The van der Waals surface area contributed by atoms with Crippen LogP contribution in [0.25, 0.3) is 0 Å². The van der Waals surface area contributed by atoms with Crippen LogP contribution in [0.15, 0.2) is 77.7 Å². The van der Waals surface area contributed by atoms with Crippen LogP contribution in [0.4, 0.5) is 5.69 Å². The minimum Gasteiger partial charge on any atom is -0.497 e. The van der Waals surface area contributed by atoms with Gasteiger partial charge in [0.2, 0.25) is 11.8 Å². The van der Waals surface area contributed by atoms with Gasteiger partial charge in [0, 0.05) is 19.2 Å². The Hall–Kier alpha value is -3.85. The molecule has 0 aliphatic rings. The number of aryl methyl sites for hydroxylation is 2. The van der Waals surface area contributed by atoms with Gasteiger partial charge in [-0.3, -0.25) is 13.9 Å². The number of anilines is 1.